The summed E-state index contributed by atoms with van der Waals surface area (Å²) in [5.74, 6) is -2.66. The van der Waals surface area contributed by atoms with Crippen molar-refractivity contribution < 1.29 is 23.5 Å². The highest BCUT2D eigenvalue weighted by molar-refractivity contribution is 6.45. The number of esters is 1. The van der Waals surface area contributed by atoms with Gasteiger partial charge in [-0.3, -0.25) is 14.4 Å². The minimum Gasteiger partial charge on any atom is -0.465 e. The summed E-state index contributed by atoms with van der Waals surface area (Å²) >= 11 is 0. The standard InChI is InChI=1S/C21H19FN2O4/c1-2-28-19(25)13-24(12-14-6-4-3-5-7-14)21(27)20(26)17-11-23-18-10-15(22)8-9-16(17)18/h3-11,23H,2,12-13H2,1H3. The predicted octanol–water partition coefficient (Wildman–Crippen LogP) is 3.08. The van der Waals surface area contributed by atoms with Crippen molar-refractivity contribution in [2.75, 3.05) is 13.2 Å². The quantitative estimate of drug-likeness (QED) is 0.387. The molecule has 0 saturated carbocycles. The van der Waals surface area contributed by atoms with Crippen molar-refractivity contribution in [1.29, 1.82) is 0 Å². The molecule has 0 aliphatic heterocycles. The Kier molecular flexibility index (Phi) is 5.84. The van der Waals surface area contributed by atoms with Crippen LogP contribution in [0.2, 0.25) is 0 Å². The van der Waals surface area contributed by atoms with Gasteiger partial charge in [-0.05, 0) is 30.7 Å². The van der Waals surface area contributed by atoms with E-state index in [4.69, 9.17) is 4.74 Å². The number of fused-ring (bicyclic) bond motifs is 1. The largest absolute Gasteiger partial charge is 0.465 e. The van der Waals surface area contributed by atoms with Crippen LogP contribution in [0.4, 0.5) is 4.39 Å². The molecular weight excluding hydrogens is 363 g/mol. The molecule has 1 aromatic heterocycles. The summed E-state index contributed by atoms with van der Waals surface area (Å²) in [6, 6.07) is 12.9. The minimum absolute atomic E-state index is 0.0845. The van der Waals surface area contributed by atoms with Crippen LogP contribution in [0.5, 0.6) is 0 Å². The zero-order valence-corrected chi connectivity index (χ0v) is 15.3. The Morgan fingerprint density at radius 2 is 1.86 bits per heavy atom. The van der Waals surface area contributed by atoms with E-state index >= 15 is 0 Å². The molecular formula is C21H19FN2O4. The number of nitrogens with zero attached hydrogens (tertiary/aromatic N) is 1. The maximum Gasteiger partial charge on any atom is 0.325 e. The van der Waals surface area contributed by atoms with Gasteiger partial charge in [-0.15, -0.1) is 0 Å². The summed E-state index contributed by atoms with van der Waals surface area (Å²) in [5, 5.41) is 0.440. The molecule has 0 aliphatic carbocycles. The highest BCUT2D eigenvalue weighted by Gasteiger charge is 2.27. The number of aromatic nitrogens is 1. The van der Waals surface area contributed by atoms with Crippen LogP contribution in [0, 0.1) is 5.82 Å². The number of carbonyl (C=O) groups excluding carboxylic acids is 3. The van der Waals surface area contributed by atoms with Crippen LogP contribution >= 0.6 is 0 Å². The number of ether oxygens (including phenoxy) is 1. The van der Waals surface area contributed by atoms with Gasteiger partial charge in [0.2, 0.25) is 0 Å². The Balaban J connectivity index is 1.88. The molecule has 1 N–H and O–H groups in total. The van der Waals surface area contributed by atoms with Crippen LogP contribution in [-0.4, -0.2) is 40.7 Å². The maximum absolute atomic E-state index is 13.4. The van der Waals surface area contributed by atoms with E-state index < -0.39 is 23.5 Å². The molecule has 144 valence electrons. The van der Waals surface area contributed by atoms with E-state index in [9.17, 15) is 18.8 Å². The zero-order chi connectivity index (χ0) is 20.1. The van der Waals surface area contributed by atoms with Crippen LogP contribution in [0.1, 0.15) is 22.8 Å². The number of H-pyrrole nitrogens is 1. The molecule has 1 heterocycles. The number of aromatic amines is 1. The lowest BCUT2D eigenvalue weighted by atomic mass is 10.1. The summed E-state index contributed by atoms with van der Waals surface area (Å²) in [6.07, 6.45) is 1.37. The van der Waals surface area contributed by atoms with Gasteiger partial charge in [0.1, 0.15) is 12.4 Å². The summed E-state index contributed by atoms with van der Waals surface area (Å²) in [6.45, 7) is 1.58. The third kappa shape index (κ3) is 4.25. The van der Waals surface area contributed by atoms with Gasteiger partial charge < -0.3 is 14.6 Å². The summed E-state index contributed by atoms with van der Waals surface area (Å²) < 4.78 is 18.3. The van der Waals surface area contributed by atoms with Crippen molar-refractivity contribution in [2.24, 2.45) is 0 Å². The predicted molar refractivity (Wildman–Crippen MR) is 101 cm³/mol. The Morgan fingerprint density at radius 3 is 2.57 bits per heavy atom. The molecule has 3 rings (SSSR count). The van der Waals surface area contributed by atoms with E-state index in [0.717, 1.165) is 10.5 Å². The number of hydrogen-bond acceptors (Lipinski definition) is 4. The van der Waals surface area contributed by atoms with E-state index in [1.165, 1.54) is 24.4 Å². The second-order valence-corrected chi connectivity index (χ2v) is 6.17. The second kappa shape index (κ2) is 8.47. The number of amides is 1. The summed E-state index contributed by atoms with van der Waals surface area (Å²) in [4.78, 5) is 41.6. The summed E-state index contributed by atoms with van der Waals surface area (Å²) in [7, 11) is 0. The first-order valence-corrected chi connectivity index (χ1v) is 8.79. The number of nitrogens with one attached hydrogen (secondary N) is 1. The lowest BCUT2D eigenvalue weighted by Crippen LogP contribution is -2.40. The third-order valence-electron chi connectivity index (χ3n) is 4.21. The molecule has 28 heavy (non-hydrogen) atoms. The number of Topliss-reactive ketones (excluding diaryl/α,β-unsaturated/α-hetero) is 1. The normalized spacial score (nSPS) is 10.6. The van der Waals surface area contributed by atoms with E-state index in [0.29, 0.717) is 10.9 Å². The molecule has 0 aliphatic rings. The molecule has 0 atom stereocenters. The van der Waals surface area contributed by atoms with Crippen molar-refractivity contribution in [2.45, 2.75) is 13.5 Å². The van der Waals surface area contributed by atoms with Crippen LogP contribution < -0.4 is 0 Å². The molecule has 6 nitrogen and oxygen atoms in total. The van der Waals surface area contributed by atoms with Gasteiger partial charge in [-0.2, -0.15) is 0 Å². The molecule has 1 amide bonds. The highest BCUT2D eigenvalue weighted by Crippen LogP contribution is 2.21. The molecule has 0 fully saturated rings. The second-order valence-electron chi connectivity index (χ2n) is 6.17. The topological polar surface area (TPSA) is 79.5 Å². The molecule has 2 aromatic carbocycles. The molecule has 3 aromatic rings. The van der Waals surface area contributed by atoms with Crippen molar-refractivity contribution in [3.8, 4) is 0 Å². The van der Waals surface area contributed by atoms with Gasteiger partial charge in [-0.1, -0.05) is 30.3 Å². The number of benzene rings is 2. The first-order valence-electron chi connectivity index (χ1n) is 8.79. The van der Waals surface area contributed by atoms with Crippen molar-refractivity contribution >= 4 is 28.6 Å². The monoisotopic (exact) mass is 382 g/mol. The van der Waals surface area contributed by atoms with E-state index in [-0.39, 0.29) is 25.3 Å². The van der Waals surface area contributed by atoms with Crippen molar-refractivity contribution in [1.82, 2.24) is 9.88 Å². The number of rotatable bonds is 7. The lowest BCUT2D eigenvalue weighted by molar-refractivity contribution is -0.148. The lowest BCUT2D eigenvalue weighted by Gasteiger charge is -2.21. The number of halogens is 1. The van der Waals surface area contributed by atoms with Gasteiger partial charge in [0, 0.05) is 23.6 Å². The van der Waals surface area contributed by atoms with Gasteiger partial charge >= 0.3 is 5.97 Å². The van der Waals surface area contributed by atoms with Crippen molar-refractivity contribution in [3.63, 3.8) is 0 Å². The first kappa shape index (κ1) is 19.3. The van der Waals surface area contributed by atoms with Gasteiger partial charge in [0.25, 0.3) is 11.7 Å². The average Bonchev–Trinajstić information content (AvgIpc) is 3.10. The molecule has 0 saturated heterocycles. The minimum atomic E-state index is -0.831. The Labute approximate surface area is 160 Å². The fraction of sp³-hybridized carbons (Fsp3) is 0.190. The molecule has 7 heteroatoms. The van der Waals surface area contributed by atoms with Crippen LogP contribution in [0.25, 0.3) is 10.9 Å². The van der Waals surface area contributed by atoms with Crippen LogP contribution in [-0.2, 0) is 20.9 Å². The Morgan fingerprint density at radius 1 is 1.11 bits per heavy atom. The summed E-state index contributed by atoms with van der Waals surface area (Å²) in [5.41, 5.74) is 1.31. The Hall–Kier alpha value is -3.48. The number of carbonyl (C=O) groups is 3. The number of hydrogen-bond donors (Lipinski definition) is 1. The fourth-order valence-corrected chi connectivity index (χ4v) is 2.91. The third-order valence-corrected chi connectivity index (χ3v) is 4.21. The van der Waals surface area contributed by atoms with Crippen LogP contribution in [0.15, 0.2) is 54.7 Å². The SMILES string of the molecule is CCOC(=O)CN(Cc1ccccc1)C(=O)C(=O)c1c[nH]c2cc(F)ccc12. The Bertz CT molecular complexity index is 1010. The maximum atomic E-state index is 13.4. The molecule has 0 radical (unpaired) electrons. The average molecular weight is 382 g/mol. The van der Waals surface area contributed by atoms with Gasteiger partial charge in [-0.25, -0.2) is 4.39 Å². The van der Waals surface area contributed by atoms with Crippen LogP contribution in [0.3, 0.4) is 0 Å². The van der Waals surface area contributed by atoms with Gasteiger partial charge in [0.05, 0.1) is 12.2 Å². The van der Waals surface area contributed by atoms with E-state index in [1.54, 1.807) is 31.2 Å². The zero-order valence-electron chi connectivity index (χ0n) is 15.3. The first-order chi connectivity index (χ1) is 13.5. The van der Waals surface area contributed by atoms with Gasteiger partial charge in [0.15, 0.2) is 0 Å². The highest BCUT2D eigenvalue weighted by atomic mass is 19.1. The molecule has 0 bridgehead atoms. The number of ketones is 1. The smallest absolute Gasteiger partial charge is 0.325 e. The molecule has 0 spiro atoms. The van der Waals surface area contributed by atoms with E-state index in [2.05, 4.69) is 4.98 Å². The van der Waals surface area contributed by atoms with E-state index in [1.807, 2.05) is 6.07 Å². The molecule has 0 unspecified atom stereocenters. The fourth-order valence-electron chi connectivity index (χ4n) is 2.91. The van der Waals surface area contributed by atoms with Crippen molar-refractivity contribution in [3.05, 3.63) is 71.7 Å².